The molecule has 8 heteroatoms. The second-order valence-corrected chi connectivity index (χ2v) is 8.47. The van der Waals surface area contributed by atoms with Gasteiger partial charge in [-0.25, -0.2) is 0 Å². The first-order chi connectivity index (χ1) is 16.4. The number of carbonyl (C=O) groups is 2. The topological polar surface area (TPSA) is 113 Å². The zero-order valence-electron chi connectivity index (χ0n) is 18.1. The van der Waals surface area contributed by atoms with Crippen LogP contribution in [0.4, 0.5) is 5.69 Å². The lowest BCUT2D eigenvalue weighted by molar-refractivity contribution is -0.120. The Morgan fingerprint density at radius 3 is 2.00 bits per heavy atom. The molecule has 0 aliphatic rings. The molecule has 170 valence electrons. The molecule has 0 radical (unpaired) electrons. The van der Waals surface area contributed by atoms with Crippen molar-refractivity contribution >= 4 is 39.4 Å². The molecule has 0 saturated carbocycles. The maximum absolute atomic E-state index is 12.5. The van der Waals surface area contributed by atoms with Crippen LogP contribution in [0.2, 0.25) is 0 Å². The van der Waals surface area contributed by atoms with Crippen molar-refractivity contribution in [2.24, 2.45) is 5.73 Å². The summed E-state index contributed by atoms with van der Waals surface area (Å²) in [5.74, 6) is -0.984. The van der Waals surface area contributed by atoms with E-state index in [-0.39, 0.29) is 18.4 Å². The molecule has 34 heavy (non-hydrogen) atoms. The van der Waals surface area contributed by atoms with Crippen LogP contribution in [0.15, 0.2) is 95.5 Å². The standard InChI is InChI=1S/C26H22BrN5O2/c27-20-10-6-19(7-11-20)25(34)30-21-12-8-18(9-13-21)23-15-14-22(17-4-2-1-3-5-17)32(23)16-24(33)31-26(28)29/h1-15H,16H2,(H,30,34)(H4,28,29,31,33). The molecule has 0 atom stereocenters. The lowest BCUT2D eigenvalue weighted by Gasteiger charge is -2.14. The van der Waals surface area contributed by atoms with Crippen molar-refractivity contribution in [3.63, 3.8) is 0 Å². The molecule has 0 saturated heterocycles. The molecule has 0 unspecified atom stereocenters. The first-order valence-corrected chi connectivity index (χ1v) is 11.3. The number of nitrogens with two attached hydrogens (primary N) is 1. The summed E-state index contributed by atoms with van der Waals surface area (Å²) in [6, 6.07) is 28.2. The summed E-state index contributed by atoms with van der Waals surface area (Å²) < 4.78 is 2.78. The van der Waals surface area contributed by atoms with E-state index in [2.05, 4.69) is 26.6 Å². The third kappa shape index (κ3) is 5.41. The van der Waals surface area contributed by atoms with E-state index < -0.39 is 5.96 Å². The molecule has 0 fully saturated rings. The number of halogens is 1. The molecule has 7 nitrogen and oxygen atoms in total. The molecular formula is C26H22BrN5O2. The highest BCUT2D eigenvalue weighted by molar-refractivity contribution is 9.10. The van der Waals surface area contributed by atoms with Gasteiger partial charge in [0.2, 0.25) is 5.91 Å². The van der Waals surface area contributed by atoms with Crippen LogP contribution in [0.1, 0.15) is 10.4 Å². The summed E-state index contributed by atoms with van der Waals surface area (Å²) in [4.78, 5) is 24.9. The van der Waals surface area contributed by atoms with Gasteiger partial charge < -0.3 is 15.6 Å². The van der Waals surface area contributed by atoms with Gasteiger partial charge in [-0.3, -0.25) is 20.3 Å². The predicted octanol–water partition coefficient (Wildman–Crippen LogP) is 4.85. The van der Waals surface area contributed by atoms with E-state index in [0.29, 0.717) is 11.3 Å². The van der Waals surface area contributed by atoms with Crippen molar-refractivity contribution in [3.8, 4) is 22.5 Å². The normalized spacial score (nSPS) is 10.5. The highest BCUT2D eigenvalue weighted by Crippen LogP contribution is 2.30. The largest absolute Gasteiger partial charge is 0.370 e. The van der Waals surface area contributed by atoms with Crippen molar-refractivity contribution in [3.05, 3.63) is 101 Å². The predicted molar refractivity (Wildman–Crippen MR) is 137 cm³/mol. The molecule has 0 aliphatic heterocycles. The highest BCUT2D eigenvalue weighted by Gasteiger charge is 2.15. The highest BCUT2D eigenvalue weighted by atomic mass is 79.9. The van der Waals surface area contributed by atoms with Crippen molar-refractivity contribution in [1.82, 2.24) is 9.88 Å². The van der Waals surface area contributed by atoms with Gasteiger partial charge in [-0.15, -0.1) is 0 Å². The number of guanidine groups is 1. The summed E-state index contributed by atoms with van der Waals surface area (Å²) in [5.41, 5.74) is 10.1. The van der Waals surface area contributed by atoms with Crippen LogP contribution in [0.3, 0.4) is 0 Å². The fourth-order valence-electron chi connectivity index (χ4n) is 3.61. The molecule has 1 aromatic heterocycles. The number of aromatic nitrogens is 1. The third-order valence-corrected chi connectivity index (χ3v) is 5.70. The SMILES string of the molecule is N=C(N)NC(=O)Cn1c(-c2ccccc2)ccc1-c1ccc(NC(=O)c2ccc(Br)cc2)cc1. The smallest absolute Gasteiger partial charge is 0.255 e. The van der Waals surface area contributed by atoms with E-state index in [1.54, 1.807) is 12.1 Å². The fourth-order valence-corrected chi connectivity index (χ4v) is 3.88. The Morgan fingerprint density at radius 2 is 1.41 bits per heavy atom. The van der Waals surface area contributed by atoms with E-state index >= 15 is 0 Å². The van der Waals surface area contributed by atoms with E-state index in [0.717, 1.165) is 27.0 Å². The summed E-state index contributed by atoms with van der Waals surface area (Å²) in [6.45, 7) is -0.00576. The van der Waals surface area contributed by atoms with Crippen LogP contribution in [-0.2, 0) is 11.3 Å². The van der Waals surface area contributed by atoms with E-state index in [9.17, 15) is 9.59 Å². The maximum atomic E-state index is 12.5. The van der Waals surface area contributed by atoms with Gasteiger partial charge in [0, 0.05) is 27.1 Å². The van der Waals surface area contributed by atoms with Crippen LogP contribution in [0, 0.1) is 5.41 Å². The number of hydrogen-bond donors (Lipinski definition) is 4. The van der Waals surface area contributed by atoms with Crippen molar-refractivity contribution < 1.29 is 9.59 Å². The minimum absolute atomic E-state index is 0.00576. The molecule has 4 aromatic rings. The molecule has 2 amide bonds. The van der Waals surface area contributed by atoms with E-state index in [4.69, 9.17) is 11.1 Å². The second kappa shape index (κ2) is 10.2. The Hall–Kier alpha value is -4.17. The number of benzene rings is 3. The van der Waals surface area contributed by atoms with Crippen molar-refractivity contribution in [2.45, 2.75) is 6.54 Å². The zero-order chi connectivity index (χ0) is 24.1. The van der Waals surface area contributed by atoms with Crippen LogP contribution in [0.25, 0.3) is 22.5 Å². The monoisotopic (exact) mass is 515 g/mol. The molecule has 0 aliphatic carbocycles. The van der Waals surface area contributed by atoms with Gasteiger partial charge in [-0.1, -0.05) is 58.4 Å². The second-order valence-electron chi connectivity index (χ2n) is 7.56. The molecule has 0 bridgehead atoms. The maximum Gasteiger partial charge on any atom is 0.255 e. The van der Waals surface area contributed by atoms with Gasteiger partial charge in [0.25, 0.3) is 5.91 Å². The summed E-state index contributed by atoms with van der Waals surface area (Å²) >= 11 is 3.36. The number of amides is 2. The molecule has 0 spiro atoms. The molecule has 1 heterocycles. The van der Waals surface area contributed by atoms with Gasteiger partial charge >= 0.3 is 0 Å². The number of hydrogen-bond acceptors (Lipinski definition) is 3. The molecular weight excluding hydrogens is 494 g/mol. The van der Waals surface area contributed by atoms with Crippen LogP contribution in [0.5, 0.6) is 0 Å². The van der Waals surface area contributed by atoms with Crippen molar-refractivity contribution in [2.75, 3.05) is 5.32 Å². The van der Waals surface area contributed by atoms with Crippen molar-refractivity contribution in [1.29, 1.82) is 5.41 Å². The number of rotatable bonds is 6. The minimum Gasteiger partial charge on any atom is -0.370 e. The van der Waals surface area contributed by atoms with E-state index in [1.807, 2.05) is 83.4 Å². The lowest BCUT2D eigenvalue weighted by atomic mass is 10.1. The first kappa shape index (κ1) is 23.0. The number of anilines is 1. The Labute approximate surface area is 205 Å². The molecule has 5 N–H and O–H groups in total. The Morgan fingerprint density at radius 1 is 0.824 bits per heavy atom. The van der Waals surface area contributed by atoms with Gasteiger partial charge in [0.1, 0.15) is 6.54 Å². The average molecular weight is 516 g/mol. The van der Waals surface area contributed by atoms with Gasteiger partial charge in [-0.2, -0.15) is 0 Å². The summed E-state index contributed by atoms with van der Waals surface area (Å²) in [5, 5.41) is 12.6. The third-order valence-electron chi connectivity index (χ3n) is 5.17. The van der Waals surface area contributed by atoms with Crippen LogP contribution < -0.4 is 16.4 Å². The summed E-state index contributed by atoms with van der Waals surface area (Å²) in [7, 11) is 0. The van der Waals surface area contributed by atoms with E-state index in [1.165, 1.54) is 0 Å². The average Bonchev–Trinajstić information content (AvgIpc) is 3.23. The van der Waals surface area contributed by atoms with Gasteiger partial charge in [0.05, 0.1) is 0 Å². The quantitative estimate of drug-likeness (QED) is 0.217. The minimum atomic E-state index is -0.397. The van der Waals surface area contributed by atoms with Crippen LogP contribution in [-0.4, -0.2) is 22.3 Å². The Bertz CT molecular complexity index is 1330. The molecule has 4 rings (SSSR count). The Kier molecular flexibility index (Phi) is 6.89. The number of nitrogens with one attached hydrogen (secondary N) is 3. The van der Waals surface area contributed by atoms with Crippen LogP contribution >= 0.6 is 15.9 Å². The first-order valence-electron chi connectivity index (χ1n) is 10.5. The summed E-state index contributed by atoms with van der Waals surface area (Å²) in [6.07, 6.45) is 0. The fraction of sp³-hybridized carbons (Fsp3) is 0.0385. The Balaban J connectivity index is 1.61. The lowest BCUT2D eigenvalue weighted by Crippen LogP contribution is -2.37. The van der Waals surface area contributed by atoms with Gasteiger partial charge in [-0.05, 0) is 59.7 Å². The number of carbonyl (C=O) groups excluding carboxylic acids is 2. The zero-order valence-corrected chi connectivity index (χ0v) is 19.7. The number of nitrogens with zero attached hydrogens (tertiary/aromatic N) is 1. The van der Waals surface area contributed by atoms with Gasteiger partial charge in [0.15, 0.2) is 5.96 Å². The molecule has 3 aromatic carbocycles.